The zero-order chi connectivity index (χ0) is 14.5. The molecule has 2 aliphatic heterocycles. The van der Waals surface area contributed by atoms with Crippen LogP contribution >= 0.6 is 0 Å². The van der Waals surface area contributed by atoms with E-state index in [1.807, 2.05) is 0 Å². The van der Waals surface area contributed by atoms with Crippen molar-refractivity contribution >= 4 is 11.5 Å². The Balaban J connectivity index is 1.97. The van der Waals surface area contributed by atoms with Crippen LogP contribution in [-0.2, 0) is 0 Å². The molecule has 20 heavy (non-hydrogen) atoms. The smallest absolute Gasteiger partial charge is 0.277 e. The molecule has 2 aliphatic rings. The molecule has 2 fully saturated rings. The standard InChI is InChI=1S/C14H20N4O2/c1-9-5-16-13(4-12(9)18(19)20)17-8-10-6-15-7-11(10)14(17,2)3/h4-5,10-11,15H,6-8H2,1-3H3. The highest BCUT2D eigenvalue weighted by atomic mass is 16.6. The zero-order valence-corrected chi connectivity index (χ0v) is 12.1. The van der Waals surface area contributed by atoms with Crippen molar-refractivity contribution in [3.05, 3.63) is 27.9 Å². The van der Waals surface area contributed by atoms with Crippen molar-refractivity contribution < 1.29 is 4.92 Å². The number of aryl methyl sites for hydroxylation is 1. The molecule has 3 heterocycles. The maximum atomic E-state index is 11.1. The molecule has 1 aromatic rings. The monoisotopic (exact) mass is 276 g/mol. The van der Waals surface area contributed by atoms with Crippen molar-refractivity contribution in [3.63, 3.8) is 0 Å². The lowest BCUT2D eigenvalue weighted by Gasteiger charge is -2.36. The summed E-state index contributed by atoms with van der Waals surface area (Å²) >= 11 is 0. The van der Waals surface area contributed by atoms with Gasteiger partial charge in [0.15, 0.2) is 0 Å². The van der Waals surface area contributed by atoms with E-state index in [4.69, 9.17) is 0 Å². The van der Waals surface area contributed by atoms with Crippen LogP contribution < -0.4 is 10.2 Å². The minimum absolute atomic E-state index is 0.0235. The average molecular weight is 276 g/mol. The van der Waals surface area contributed by atoms with E-state index < -0.39 is 0 Å². The van der Waals surface area contributed by atoms with Crippen molar-refractivity contribution in [2.75, 3.05) is 24.5 Å². The molecular formula is C14H20N4O2. The molecule has 0 aromatic carbocycles. The number of hydrogen-bond acceptors (Lipinski definition) is 5. The maximum absolute atomic E-state index is 11.1. The third-order valence-corrected chi connectivity index (χ3v) is 4.89. The molecule has 0 bridgehead atoms. The summed E-state index contributed by atoms with van der Waals surface area (Å²) in [6.07, 6.45) is 1.61. The second-order valence-electron chi connectivity index (χ2n) is 6.38. The fraction of sp³-hybridized carbons (Fsp3) is 0.643. The minimum Gasteiger partial charge on any atom is -0.351 e. The van der Waals surface area contributed by atoms with Crippen LogP contribution in [0.25, 0.3) is 0 Å². The Kier molecular flexibility index (Phi) is 2.93. The van der Waals surface area contributed by atoms with Gasteiger partial charge in [0.1, 0.15) is 5.82 Å². The predicted molar refractivity (Wildman–Crippen MR) is 76.9 cm³/mol. The van der Waals surface area contributed by atoms with Gasteiger partial charge in [0, 0.05) is 36.9 Å². The Morgan fingerprint density at radius 3 is 2.90 bits per heavy atom. The maximum Gasteiger partial charge on any atom is 0.277 e. The van der Waals surface area contributed by atoms with Crippen LogP contribution in [0.3, 0.4) is 0 Å². The zero-order valence-electron chi connectivity index (χ0n) is 12.1. The number of aromatic nitrogens is 1. The molecule has 6 heteroatoms. The number of rotatable bonds is 2. The molecule has 2 atom stereocenters. The number of pyridine rings is 1. The van der Waals surface area contributed by atoms with Crippen LogP contribution in [0.4, 0.5) is 11.5 Å². The van der Waals surface area contributed by atoms with E-state index in [1.54, 1.807) is 19.2 Å². The largest absolute Gasteiger partial charge is 0.351 e. The number of nitro groups is 1. The van der Waals surface area contributed by atoms with Crippen molar-refractivity contribution in [1.29, 1.82) is 0 Å². The van der Waals surface area contributed by atoms with Crippen molar-refractivity contribution in [2.24, 2.45) is 11.8 Å². The Morgan fingerprint density at radius 1 is 1.50 bits per heavy atom. The van der Waals surface area contributed by atoms with Gasteiger partial charge in [-0.15, -0.1) is 0 Å². The summed E-state index contributed by atoms with van der Waals surface area (Å²) in [4.78, 5) is 17.4. The normalized spacial score (nSPS) is 27.6. The van der Waals surface area contributed by atoms with Crippen molar-refractivity contribution in [3.8, 4) is 0 Å². The minimum atomic E-state index is -0.327. The number of nitrogens with zero attached hydrogens (tertiary/aromatic N) is 3. The molecule has 0 amide bonds. The van der Waals surface area contributed by atoms with Crippen LogP contribution in [0.5, 0.6) is 0 Å². The lowest BCUT2D eigenvalue weighted by molar-refractivity contribution is -0.385. The summed E-state index contributed by atoms with van der Waals surface area (Å²) in [5.74, 6) is 1.90. The molecule has 2 saturated heterocycles. The van der Waals surface area contributed by atoms with E-state index in [0.29, 0.717) is 17.4 Å². The van der Waals surface area contributed by atoms with Gasteiger partial charge in [0.05, 0.1) is 11.0 Å². The first kappa shape index (κ1) is 13.3. The van der Waals surface area contributed by atoms with Crippen LogP contribution in [0.15, 0.2) is 12.3 Å². The molecule has 0 saturated carbocycles. The van der Waals surface area contributed by atoms with Gasteiger partial charge in [-0.1, -0.05) is 0 Å². The Morgan fingerprint density at radius 2 is 2.25 bits per heavy atom. The number of nitrogens with one attached hydrogen (secondary N) is 1. The average Bonchev–Trinajstić information content (AvgIpc) is 2.93. The van der Waals surface area contributed by atoms with Crippen LogP contribution in [0.1, 0.15) is 19.4 Å². The van der Waals surface area contributed by atoms with Gasteiger partial charge in [-0.05, 0) is 32.6 Å². The highest BCUT2D eigenvalue weighted by molar-refractivity contribution is 5.53. The summed E-state index contributed by atoms with van der Waals surface area (Å²) in [7, 11) is 0. The number of hydrogen-bond donors (Lipinski definition) is 1. The van der Waals surface area contributed by atoms with Gasteiger partial charge >= 0.3 is 0 Å². The highest BCUT2D eigenvalue weighted by Crippen LogP contribution is 2.43. The second-order valence-corrected chi connectivity index (χ2v) is 6.38. The number of anilines is 1. The first-order valence-corrected chi connectivity index (χ1v) is 7.00. The second kappa shape index (κ2) is 4.41. The quantitative estimate of drug-likeness (QED) is 0.658. The predicted octanol–water partition coefficient (Wildman–Crippen LogP) is 1.73. The highest BCUT2D eigenvalue weighted by Gasteiger charge is 2.50. The Bertz CT molecular complexity index is 558. The summed E-state index contributed by atoms with van der Waals surface area (Å²) in [5.41, 5.74) is 0.739. The Hall–Kier alpha value is -1.69. The van der Waals surface area contributed by atoms with Crippen molar-refractivity contribution in [1.82, 2.24) is 10.3 Å². The summed E-state index contributed by atoms with van der Waals surface area (Å²) in [6, 6.07) is 1.62. The van der Waals surface area contributed by atoms with E-state index in [-0.39, 0.29) is 16.1 Å². The van der Waals surface area contributed by atoms with Gasteiger partial charge in [0.2, 0.25) is 0 Å². The SMILES string of the molecule is Cc1cnc(N2CC3CNCC3C2(C)C)cc1[N+](=O)[O-]. The molecule has 108 valence electrons. The van der Waals surface area contributed by atoms with E-state index in [2.05, 4.69) is 29.0 Å². The molecule has 3 rings (SSSR count). The van der Waals surface area contributed by atoms with Gasteiger partial charge in [-0.2, -0.15) is 0 Å². The third kappa shape index (κ3) is 1.86. The molecule has 0 aliphatic carbocycles. The molecule has 1 aromatic heterocycles. The molecule has 0 spiro atoms. The van der Waals surface area contributed by atoms with Crippen LogP contribution in [0.2, 0.25) is 0 Å². The van der Waals surface area contributed by atoms with E-state index >= 15 is 0 Å². The lowest BCUT2D eigenvalue weighted by Crippen LogP contribution is -2.45. The van der Waals surface area contributed by atoms with Gasteiger partial charge in [-0.25, -0.2) is 4.98 Å². The van der Waals surface area contributed by atoms with Gasteiger partial charge in [0.25, 0.3) is 5.69 Å². The van der Waals surface area contributed by atoms with Crippen LogP contribution in [-0.4, -0.2) is 35.1 Å². The lowest BCUT2D eigenvalue weighted by atomic mass is 9.85. The molecule has 1 N–H and O–H groups in total. The summed E-state index contributed by atoms with van der Waals surface area (Å²) in [6.45, 7) is 9.09. The summed E-state index contributed by atoms with van der Waals surface area (Å²) < 4.78 is 0. The number of fused-ring (bicyclic) bond motifs is 1. The molecule has 0 radical (unpaired) electrons. The first-order valence-electron chi connectivity index (χ1n) is 7.00. The van der Waals surface area contributed by atoms with E-state index in [0.717, 1.165) is 25.5 Å². The van der Waals surface area contributed by atoms with Crippen LogP contribution in [0, 0.1) is 28.9 Å². The Labute approximate surface area is 118 Å². The topological polar surface area (TPSA) is 71.3 Å². The first-order chi connectivity index (χ1) is 9.41. The molecule has 6 nitrogen and oxygen atoms in total. The molecular weight excluding hydrogens is 256 g/mol. The van der Waals surface area contributed by atoms with Crippen molar-refractivity contribution in [2.45, 2.75) is 26.3 Å². The molecule has 2 unspecified atom stereocenters. The summed E-state index contributed by atoms with van der Waals surface area (Å²) in [5, 5.41) is 14.5. The van der Waals surface area contributed by atoms with Gasteiger partial charge < -0.3 is 10.2 Å². The fourth-order valence-corrected chi connectivity index (χ4v) is 3.66. The van der Waals surface area contributed by atoms with E-state index in [9.17, 15) is 10.1 Å². The fourth-order valence-electron chi connectivity index (χ4n) is 3.66. The third-order valence-electron chi connectivity index (χ3n) is 4.89. The van der Waals surface area contributed by atoms with E-state index in [1.165, 1.54) is 0 Å². The van der Waals surface area contributed by atoms with Gasteiger partial charge in [-0.3, -0.25) is 10.1 Å².